The molecule has 0 aliphatic heterocycles. The number of carbonyl (C=O) groups excluding carboxylic acids is 2. The van der Waals surface area contributed by atoms with Crippen molar-refractivity contribution in [3.8, 4) is 0 Å². The zero-order valence-corrected chi connectivity index (χ0v) is 17.8. The van der Waals surface area contributed by atoms with Crippen LogP contribution in [0.1, 0.15) is 37.1 Å². The molecule has 0 bridgehead atoms. The van der Waals surface area contributed by atoms with E-state index in [1.807, 2.05) is 0 Å². The van der Waals surface area contributed by atoms with Crippen LogP contribution >= 0.6 is 0 Å². The van der Waals surface area contributed by atoms with Gasteiger partial charge in [-0.2, -0.15) is 0 Å². The summed E-state index contributed by atoms with van der Waals surface area (Å²) in [5.41, 5.74) is 1.02. The first-order valence-electron chi connectivity index (χ1n) is 10.1. The lowest BCUT2D eigenvalue weighted by Crippen LogP contribution is -2.41. The first-order chi connectivity index (χ1) is 15.2. The Morgan fingerprint density at radius 2 is 1.06 bits per heavy atom. The highest BCUT2D eigenvalue weighted by molar-refractivity contribution is 5.79. The highest BCUT2D eigenvalue weighted by Gasteiger charge is 2.12. The molecule has 2 aromatic carbocycles. The van der Waals surface area contributed by atoms with Gasteiger partial charge in [0.1, 0.15) is 0 Å². The summed E-state index contributed by atoms with van der Waals surface area (Å²) in [6, 6.07) is 6.34. The predicted octanol–water partition coefficient (Wildman–Crippen LogP) is 2.48. The van der Waals surface area contributed by atoms with E-state index >= 15 is 0 Å². The fourth-order valence-electron chi connectivity index (χ4n) is 2.82. The van der Waals surface area contributed by atoms with Crippen molar-refractivity contribution in [1.82, 2.24) is 21.3 Å². The molecule has 0 aliphatic carbocycles. The molecule has 2 amide bonds. The van der Waals surface area contributed by atoms with E-state index in [1.54, 1.807) is 13.8 Å². The van der Waals surface area contributed by atoms with Gasteiger partial charge in [-0.05, 0) is 49.2 Å². The van der Waals surface area contributed by atoms with E-state index < -0.39 is 23.3 Å². The van der Waals surface area contributed by atoms with E-state index in [9.17, 15) is 27.2 Å². The Balaban J connectivity index is 1.60. The van der Waals surface area contributed by atoms with Crippen LogP contribution in [0, 0.1) is 23.3 Å². The van der Waals surface area contributed by atoms with Crippen LogP contribution in [0.2, 0.25) is 0 Å². The van der Waals surface area contributed by atoms with Crippen LogP contribution < -0.4 is 21.3 Å². The molecule has 0 radical (unpaired) electrons. The summed E-state index contributed by atoms with van der Waals surface area (Å²) in [5.74, 6) is -4.42. The molecule has 32 heavy (non-hydrogen) atoms. The second kappa shape index (κ2) is 12.2. The third-order valence-electron chi connectivity index (χ3n) is 4.79. The van der Waals surface area contributed by atoms with E-state index in [4.69, 9.17) is 0 Å². The minimum atomic E-state index is -0.954. The van der Waals surface area contributed by atoms with Crippen molar-refractivity contribution in [1.29, 1.82) is 0 Å². The van der Waals surface area contributed by atoms with Crippen molar-refractivity contribution in [3.63, 3.8) is 0 Å². The Morgan fingerprint density at radius 3 is 1.41 bits per heavy atom. The average molecular weight is 454 g/mol. The van der Waals surface area contributed by atoms with Gasteiger partial charge in [-0.1, -0.05) is 12.1 Å². The molecular formula is C22H26F4N4O2. The average Bonchev–Trinajstić information content (AvgIpc) is 2.77. The lowest BCUT2D eigenvalue weighted by molar-refractivity contribution is -0.122. The molecule has 0 saturated heterocycles. The minimum Gasteiger partial charge on any atom is -0.353 e. The van der Waals surface area contributed by atoms with Crippen LogP contribution in [0.5, 0.6) is 0 Å². The molecule has 0 heterocycles. The molecule has 6 nitrogen and oxygen atoms in total. The summed E-state index contributed by atoms with van der Waals surface area (Å²) >= 11 is 0. The lowest BCUT2D eigenvalue weighted by Gasteiger charge is -2.15. The third kappa shape index (κ3) is 7.93. The van der Waals surface area contributed by atoms with Crippen LogP contribution in [0.4, 0.5) is 17.6 Å². The van der Waals surface area contributed by atoms with Crippen LogP contribution in [0.25, 0.3) is 0 Å². The summed E-state index contributed by atoms with van der Waals surface area (Å²) in [6.45, 7) is 3.75. The first-order valence-corrected chi connectivity index (χ1v) is 10.1. The Morgan fingerprint density at radius 1 is 0.688 bits per heavy atom. The molecule has 174 valence electrons. The molecular weight excluding hydrogens is 428 g/mol. The lowest BCUT2D eigenvalue weighted by atomic mass is 10.1. The monoisotopic (exact) mass is 454 g/mol. The van der Waals surface area contributed by atoms with Crippen molar-refractivity contribution in [2.75, 3.05) is 26.2 Å². The van der Waals surface area contributed by atoms with Gasteiger partial charge in [0.15, 0.2) is 23.3 Å². The molecule has 4 N–H and O–H groups in total. The third-order valence-corrected chi connectivity index (χ3v) is 4.79. The summed E-state index contributed by atoms with van der Waals surface area (Å²) in [6.07, 6.45) is 0. The fourth-order valence-corrected chi connectivity index (χ4v) is 2.82. The molecule has 0 saturated carbocycles. The number of hydrogen-bond acceptors (Lipinski definition) is 4. The van der Waals surface area contributed by atoms with Gasteiger partial charge in [-0.15, -0.1) is 0 Å². The maximum atomic E-state index is 13.3. The van der Waals surface area contributed by atoms with Gasteiger partial charge in [-0.3, -0.25) is 9.59 Å². The Labute approximate surface area is 183 Å². The van der Waals surface area contributed by atoms with E-state index in [-0.39, 0.29) is 50.1 Å². The molecule has 2 rings (SSSR count). The van der Waals surface area contributed by atoms with Gasteiger partial charge in [0, 0.05) is 25.2 Å². The maximum absolute atomic E-state index is 13.3. The molecule has 0 fully saturated rings. The smallest absolute Gasteiger partial charge is 0.234 e. The number of halogens is 4. The van der Waals surface area contributed by atoms with E-state index in [1.165, 1.54) is 12.1 Å². The van der Waals surface area contributed by atoms with Crippen LogP contribution in [-0.2, 0) is 9.59 Å². The highest BCUT2D eigenvalue weighted by Crippen LogP contribution is 2.16. The van der Waals surface area contributed by atoms with E-state index in [2.05, 4.69) is 21.3 Å². The normalized spacial score (nSPS) is 12.8. The van der Waals surface area contributed by atoms with E-state index in [0.29, 0.717) is 11.1 Å². The molecule has 0 aromatic heterocycles. The summed E-state index contributed by atoms with van der Waals surface area (Å²) in [5, 5.41) is 11.0. The number of hydrogen-bond donors (Lipinski definition) is 4. The van der Waals surface area contributed by atoms with Gasteiger partial charge in [0.05, 0.1) is 13.1 Å². The molecule has 0 unspecified atom stereocenters. The van der Waals surface area contributed by atoms with Crippen molar-refractivity contribution in [2.24, 2.45) is 0 Å². The second-order valence-corrected chi connectivity index (χ2v) is 7.25. The number of carbonyl (C=O) groups is 2. The fraction of sp³-hybridized carbons (Fsp3) is 0.364. The van der Waals surface area contributed by atoms with Crippen LogP contribution in [0.3, 0.4) is 0 Å². The molecule has 10 heteroatoms. The number of rotatable bonds is 11. The van der Waals surface area contributed by atoms with Crippen molar-refractivity contribution < 1.29 is 27.2 Å². The van der Waals surface area contributed by atoms with Crippen molar-refractivity contribution in [2.45, 2.75) is 25.9 Å². The predicted molar refractivity (Wildman–Crippen MR) is 112 cm³/mol. The van der Waals surface area contributed by atoms with Crippen molar-refractivity contribution in [3.05, 3.63) is 70.8 Å². The highest BCUT2D eigenvalue weighted by atomic mass is 19.2. The second-order valence-electron chi connectivity index (χ2n) is 7.25. The summed E-state index contributed by atoms with van der Waals surface area (Å²) in [7, 11) is 0. The number of amides is 2. The van der Waals surface area contributed by atoms with Gasteiger partial charge in [0.25, 0.3) is 0 Å². The van der Waals surface area contributed by atoms with Gasteiger partial charge >= 0.3 is 0 Å². The first kappa shape index (κ1) is 25.3. The quantitative estimate of drug-likeness (QED) is 0.311. The molecule has 0 aliphatic rings. The Bertz CT molecular complexity index is 867. The zero-order valence-electron chi connectivity index (χ0n) is 17.8. The van der Waals surface area contributed by atoms with Crippen LogP contribution in [0.15, 0.2) is 36.4 Å². The largest absolute Gasteiger partial charge is 0.353 e. The molecule has 2 aromatic rings. The van der Waals surface area contributed by atoms with Crippen molar-refractivity contribution >= 4 is 11.8 Å². The topological polar surface area (TPSA) is 82.3 Å². The van der Waals surface area contributed by atoms with E-state index in [0.717, 1.165) is 24.3 Å². The summed E-state index contributed by atoms with van der Waals surface area (Å²) < 4.78 is 52.5. The standard InChI is InChI=1S/C22H26F4N4O2/c1-13(15-3-5-17(23)19(25)9-15)29-11-21(31)27-7-8-28-22(32)12-30-14(2)16-4-6-18(24)20(26)10-16/h3-6,9-10,13-14,29-30H,7-8,11-12H2,1-2H3,(H,27,31)(H,28,32)/t13-,14+. The molecule has 2 atom stereocenters. The Kier molecular flexibility index (Phi) is 9.61. The number of nitrogens with one attached hydrogen (secondary N) is 4. The van der Waals surface area contributed by atoms with Gasteiger partial charge in [-0.25, -0.2) is 17.6 Å². The number of benzene rings is 2. The molecule has 0 spiro atoms. The maximum Gasteiger partial charge on any atom is 0.234 e. The van der Waals surface area contributed by atoms with Gasteiger partial charge < -0.3 is 21.3 Å². The summed E-state index contributed by atoms with van der Waals surface area (Å²) in [4.78, 5) is 23.8. The SMILES string of the molecule is C[C@H](NCC(=O)NCCNC(=O)CN[C@H](C)c1ccc(F)c(F)c1)c1ccc(F)c(F)c1. The Hall–Kier alpha value is -2.98. The minimum absolute atomic E-state index is 0.0403. The zero-order chi connectivity index (χ0) is 23.7. The van der Waals surface area contributed by atoms with Crippen LogP contribution in [-0.4, -0.2) is 38.0 Å². The van der Waals surface area contributed by atoms with Gasteiger partial charge in [0.2, 0.25) is 11.8 Å².